The van der Waals surface area contributed by atoms with Crippen molar-refractivity contribution in [1.82, 2.24) is 0 Å². The maximum atomic E-state index is 12.9. The average Bonchev–Trinajstić information content (AvgIpc) is 2.37. The Morgan fingerprint density at radius 1 is 0.889 bits per heavy atom. The number of nitrogens with one attached hydrogen (secondary N) is 1. The van der Waals surface area contributed by atoms with Gasteiger partial charge >= 0.3 is 0 Å². The molecular weight excluding hydrogens is 232 g/mol. The molecule has 0 saturated carbocycles. The van der Waals surface area contributed by atoms with E-state index in [1.165, 1.54) is 44.6 Å². The zero-order chi connectivity index (χ0) is 13.2. The van der Waals surface area contributed by atoms with Crippen LogP contribution in [0.3, 0.4) is 0 Å². The molecule has 0 aromatic heterocycles. The second-order valence-corrected chi connectivity index (χ2v) is 4.68. The molecule has 0 bridgehead atoms. The molecule has 0 amide bonds. The lowest BCUT2D eigenvalue weighted by atomic mass is 10.1. The third-order valence-corrected chi connectivity index (χ3v) is 3.03. The molecular formula is C15H23F2N. The largest absolute Gasteiger partial charge is 0.385 e. The second kappa shape index (κ2) is 8.90. The second-order valence-electron chi connectivity index (χ2n) is 4.68. The Morgan fingerprint density at radius 3 is 2.22 bits per heavy atom. The first-order chi connectivity index (χ1) is 8.74. The third-order valence-electron chi connectivity index (χ3n) is 3.03. The van der Waals surface area contributed by atoms with Gasteiger partial charge in [0.2, 0.25) is 0 Å². The van der Waals surface area contributed by atoms with E-state index in [1.807, 2.05) is 0 Å². The molecule has 0 radical (unpaired) electrons. The van der Waals surface area contributed by atoms with Crippen LogP contribution in [-0.2, 0) is 0 Å². The maximum Gasteiger partial charge on any atom is 0.160 e. The summed E-state index contributed by atoms with van der Waals surface area (Å²) in [6.07, 6.45) is 8.77. The van der Waals surface area contributed by atoms with Gasteiger partial charge in [0.15, 0.2) is 11.6 Å². The molecule has 1 aromatic rings. The minimum Gasteiger partial charge on any atom is -0.385 e. The lowest BCUT2D eigenvalue weighted by Gasteiger charge is -2.06. The summed E-state index contributed by atoms with van der Waals surface area (Å²) < 4.78 is 25.6. The van der Waals surface area contributed by atoms with E-state index in [1.54, 1.807) is 6.07 Å². The summed E-state index contributed by atoms with van der Waals surface area (Å²) in [6.45, 7) is 3.03. The summed E-state index contributed by atoms with van der Waals surface area (Å²) in [5.74, 6) is -1.59. The van der Waals surface area contributed by atoms with Crippen LogP contribution in [0.15, 0.2) is 18.2 Å². The van der Waals surface area contributed by atoms with Gasteiger partial charge in [-0.05, 0) is 24.6 Å². The Labute approximate surface area is 109 Å². The number of halogens is 2. The Morgan fingerprint density at radius 2 is 1.56 bits per heavy atom. The average molecular weight is 255 g/mol. The van der Waals surface area contributed by atoms with E-state index in [2.05, 4.69) is 12.2 Å². The van der Waals surface area contributed by atoms with Crippen molar-refractivity contribution in [2.45, 2.75) is 51.9 Å². The molecule has 3 heteroatoms. The molecule has 0 unspecified atom stereocenters. The highest BCUT2D eigenvalue weighted by Crippen LogP contribution is 2.13. The molecule has 1 aromatic carbocycles. The fourth-order valence-corrected chi connectivity index (χ4v) is 1.92. The van der Waals surface area contributed by atoms with E-state index in [-0.39, 0.29) is 0 Å². The summed E-state index contributed by atoms with van der Waals surface area (Å²) in [6, 6.07) is 3.93. The zero-order valence-electron chi connectivity index (χ0n) is 11.1. The lowest BCUT2D eigenvalue weighted by Crippen LogP contribution is -2.02. The molecule has 0 aliphatic heterocycles. The van der Waals surface area contributed by atoms with Crippen LogP contribution in [-0.4, -0.2) is 6.54 Å². The highest BCUT2D eigenvalue weighted by atomic mass is 19.2. The molecule has 0 aliphatic carbocycles. The number of unbranched alkanes of at least 4 members (excludes halogenated alkanes) is 6. The zero-order valence-corrected chi connectivity index (χ0v) is 11.1. The molecule has 0 spiro atoms. The minimum atomic E-state index is -0.795. The fourth-order valence-electron chi connectivity index (χ4n) is 1.92. The first-order valence-electron chi connectivity index (χ1n) is 6.93. The summed E-state index contributed by atoms with van der Waals surface area (Å²) >= 11 is 0. The van der Waals surface area contributed by atoms with Crippen molar-refractivity contribution in [1.29, 1.82) is 0 Å². The van der Waals surface area contributed by atoms with Gasteiger partial charge in [0.1, 0.15) is 0 Å². The standard InChI is InChI=1S/C15H23F2N/c1-2-3-4-5-6-7-8-11-18-13-9-10-14(16)15(17)12-13/h9-10,12,18H,2-8,11H2,1H3. The molecule has 0 aliphatic rings. The van der Waals surface area contributed by atoms with Crippen molar-refractivity contribution < 1.29 is 8.78 Å². The van der Waals surface area contributed by atoms with Crippen LogP contribution < -0.4 is 5.32 Å². The normalized spacial score (nSPS) is 10.6. The van der Waals surface area contributed by atoms with Gasteiger partial charge in [0.05, 0.1) is 0 Å². The molecule has 0 atom stereocenters. The van der Waals surface area contributed by atoms with Crippen molar-refractivity contribution in [3.05, 3.63) is 29.8 Å². The van der Waals surface area contributed by atoms with E-state index in [9.17, 15) is 8.78 Å². The van der Waals surface area contributed by atoms with Gasteiger partial charge in [-0.25, -0.2) is 8.78 Å². The lowest BCUT2D eigenvalue weighted by molar-refractivity contribution is 0.509. The van der Waals surface area contributed by atoms with Gasteiger partial charge < -0.3 is 5.32 Å². The Kier molecular flexibility index (Phi) is 7.38. The summed E-state index contributed by atoms with van der Waals surface area (Å²) in [4.78, 5) is 0. The molecule has 0 heterocycles. The summed E-state index contributed by atoms with van der Waals surface area (Å²) in [5.41, 5.74) is 0.653. The van der Waals surface area contributed by atoms with Crippen molar-refractivity contribution in [2.24, 2.45) is 0 Å². The van der Waals surface area contributed by atoms with Crippen LogP contribution in [0, 0.1) is 11.6 Å². The van der Waals surface area contributed by atoms with E-state index in [4.69, 9.17) is 0 Å². The summed E-state index contributed by atoms with van der Waals surface area (Å²) in [7, 11) is 0. The predicted molar refractivity (Wildman–Crippen MR) is 72.8 cm³/mol. The SMILES string of the molecule is CCCCCCCCCNc1ccc(F)c(F)c1. The molecule has 0 fully saturated rings. The molecule has 1 nitrogen and oxygen atoms in total. The molecule has 102 valence electrons. The number of anilines is 1. The first kappa shape index (κ1) is 14.9. The van der Waals surface area contributed by atoms with Gasteiger partial charge in [0.25, 0.3) is 0 Å². The number of rotatable bonds is 9. The summed E-state index contributed by atoms with van der Waals surface area (Å²) in [5, 5.41) is 3.11. The van der Waals surface area contributed by atoms with Crippen LogP contribution in [0.5, 0.6) is 0 Å². The molecule has 18 heavy (non-hydrogen) atoms. The van der Waals surface area contributed by atoms with Crippen molar-refractivity contribution >= 4 is 5.69 Å². The Balaban J connectivity index is 2.05. The van der Waals surface area contributed by atoms with Crippen molar-refractivity contribution in [3.63, 3.8) is 0 Å². The van der Waals surface area contributed by atoms with Gasteiger partial charge in [-0.2, -0.15) is 0 Å². The maximum absolute atomic E-state index is 12.9. The van der Waals surface area contributed by atoms with Crippen molar-refractivity contribution in [3.8, 4) is 0 Å². The molecule has 1 rings (SSSR count). The number of hydrogen-bond donors (Lipinski definition) is 1. The van der Waals surface area contributed by atoms with Crippen LogP contribution >= 0.6 is 0 Å². The quantitative estimate of drug-likeness (QED) is 0.603. The highest BCUT2D eigenvalue weighted by Gasteiger charge is 2.01. The van der Waals surface area contributed by atoms with Gasteiger partial charge in [0, 0.05) is 12.2 Å². The Bertz CT molecular complexity index is 339. The predicted octanol–water partition coefficient (Wildman–Crippen LogP) is 5.13. The molecule has 0 saturated heterocycles. The minimum absolute atomic E-state index is 0.653. The van der Waals surface area contributed by atoms with Gasteiger partial charge in [-0.1, -0.05) is 45.4 Å². The number of benzene rings is 1. The molecule has 1 N–H and O–H groups in total. The first-order valence-corrected chi connectivity index (χ1v) is 6.93. The fraction of sp³-hybridized carbons (Fsp3) is 0.600. The highest BCUT2D eigenvalue weighted by molar-refractivity contribution is 5.43. The van der Waals surface area contributed by atoms with Crippen LogP contribution in [0.2, 0.25) is 0 Å². The number of hydrogen-bond acceptors (Lipinski definition) is 1. The van der Waals surface area contributed by atoms with Crippen LogP contribution in [0.1, 0.15) is 51.9 Å². The third kappa shape index (κ3) is 5.99. The van der Waals surface area contributed by atoms with E-state index in [0.29, 0.717) is 5.69 Å². The topological polar surface area (TPSA) is 12.0 Å². The van der Waals surface area contributed by atoms with Crippen LogP contribution in [0.25, 0.3) is 0 Å². The Hall–Kier alpha value is -1.12. The van der Waals surface area contributed by atoms with E-state index >= 15 is 0 Å². The van der Waals surface area contributed by atoms with Crippen LogP contribution in [0.4, 0.5) is 14.5 Å². The monoisotopic (exact) mass is 255 g/mol. The van der Waals surface area contributed by atoms with E-state index in [0.717, 1.165) is 19.0 Å². The van der Waals surface area contributed by atoms with Gasteiger partial charge in [-0.15, -0.1) is 0 Å². The van der Waals surface area contributed by atoms with Crippen molar-refractivity contribution in [2.75, 3.05) is 11.9 Å². The van der Waals surface area contributed by atoms with Gasteiger partial charge in [-0.3, -0.25) is 0 Å². The smallest absolute Gasteiger partial charge is 0.160 e. The van der Waals surface area contributed by atoms with E-state index < -0.39 is 11.6 Å².